The average Bonchev–Trinajstić information content (AvgIpc) is 2.38. The molecule has 0 aliphatic heterocycles. The summed E-state index contributed by atoms with van der Waals surface area (Å²) in [6, 6.07) is 5.20. The van der Waals surface area contributed by atoms with Gasteiger partial charge >= 0.3 is 0 Å². The molecule has 0 saturated carbocycles. The van der Waals surface area contributed by atoms with E-state index in [4.69, 9.17) is 16.3 Å². The lowest BCUT2D eigenvalue weighted by molar-refractivity contribution is -0.136. The molecule has 1 unspecified atom stereocenters. The molecule has 1 aromatic rings. The molecule has 20 heavy (non-hydrogen) atoms. The minimum Gasteiger partial charge on any atom is -0.480 e. The molecule has 0 aliphatic carbocycles. The molecule has 0 bridgehead atoms. The molecule has 1 rings (SSSR count). The Labute approximate surface area is 139 Å². The van der Waals surface area contributed by atoms with E-state index in [1.807, 2.05) is 7.05 Å². The maximum atomic E-state index is 12.1. The fourth-order valence-electron chi connectivity index (χ4n) is 1.51. The quantitative estimate of drug-likeness (QED) is 0.818. The van der Waals surface area contributed by atoms with Crippen LogP contribution in [0, 0.1) is 0 Å². The van der Waals surface area contributed by atoms with E-state index < -0.39 is 6.10 Å². The summed E-state index contributed by atoms with van der Waals surface area (Å²) < 4.78 is 6.38. The molecule has 7 heteroatoms. The predicted molar refractivity (Wildman–Crippen MR) is 88.1 cm³/mol. The van der Waals surface area contributed by atoms with Crippen molar-refractivity contribution in [2.75, 3.05) is 27.2 Å². The summed E-state index contributed by atoms with van der Waals surface area (Å²) in [5, 5.41) is 3.62. The van der Waals surface area contributed by atoms with Crippen molar-refractivity contribution in [3.05, 3.63) is 27.7 Å². The number of carbonyl (C=O) groups is 1. The monoisotopic (exact) mass is 384 g/mol. The third-order valence-electron chi connectivity index (χ3n) is 2.62. The van der Waals surface area contributed by atoms with Gasteiger partial charge in [-0.2, -0.15) is 0 Å². The molecule has 114 valence electrons. The molecule has 0 aromatic heterocycles. The molecule has 1 aromatic carbocycles. The van der Waals surface area contributed by atoms with Gasteiger partial charge in [0.1, 0.15) is 5.75 Å². The van der Waals surface area contributed by atoms with Crippen LogP contribution in [-0.4, -0.2) is 44.1 Å². The van der Waals surface area contributed by atoms with Crippen LogP contribution >= 0.6 is 39.9 Å². The van der Waals surface area contributed by atoms with Crippen molar-refractivity contribution in [2.24, 2.45) is 0 Å². The van der Waals surface area contributed by atoms with Gasteiger partial charge in [0.05, 0.1) is 4.47 Å². The highest BCUT2D eigenvalue weighted by atomic mass is 79.9. The molecule has 0 radical (unpaired) electrons. The van der Waals surface area contributed by atoms with Crippen molar-refractivity contribution in [3.8, 4) is 5.75 Å². The van der Waals surface area contributed by atoms with E-state index >= 15 is 0 Å². The van der Waals surface area contributed by atoms with Crippen LogP contribution in [0.3, 0.4) is 0 Å². The fraction of sp³-hybridized carbons (Fsp3) is 0.462. The Morgan fingerprint density at radius 3 is 2.75 bits per heavy atom. The Kier molecular flexibility index (Phi) is 9.22. The van der Waals surface area contributed by atoms with Crippen molar-refractivity contribution in [1.29, 1.82) is 0 Å². The summed E-state index contributed by atoms with van der Waals surface area (Å²) in [6.45, 7) is 3.13. The molecular weight excluding hydrogens is 367 g/mol. The minimum absolute atomic E-state index is 0. The molecule has 1 atom stereocenters. The summed E-state index contributed by atoms with van der Waals surface area (Å²) in [5.41, 5.74) is 0. The number of rotatable bonds is 6. The van der Waals surface area contributed by atoms with Crippen molar-refractivity contribution in [1.82, 2.24) is 10.2 Å². The number of hydrogen-bond acceptors (Lipinski definition) is 3. The molecule has 1 N–H and O–H groups in total. The number of halogens is 3. The van der Waals surface area contributed by atoms with E-state index in [-0.39, 0.29) is 18.3 Å². The van der Waals surface area contributed by atoms with Crippen LogP contribution in [-0.2, 0) is 4.79 Å². The van der Waals surface area contributed by atoms with Gasteiger partial charge in [-0.15, -0.1) is 12.4 Å². The molecule has 0 fully saturated rings. The zero-order valence-electron chi connectivity index (χ0n) is 11.7. The van der Waals surface area contributed by atoms with Gasteiger partial charge in [0.2, 0.25) is 0 Å². The number of likely N-dealkylation sites (N-methyl/N-ethyl adjacent to an activating group) is 2. The molecule has 1 amide bonds. The fourth-order valence-corrected chi connectivity index (χ4v) is 2.29. The Balaban J connectivity index is 0.00000361. The lowest BCUT2D eigenvalue weighted by atomic mass is 10.3. The number of nitrogens with one attached hydrogen (secondary N) is 1. The Morgan fingerprint density at radius 1 is 1.55 bits per heavy atom. The van der Waals surface area contributed by atoms with Gasteiger partial charge in [0.25, 0.3) is 5.91 Å². The molecule has 4 nitrogen and oxygen atoms in total. The molecule has 0 spiro atoms. The van der Waals surface area contributed by atoms with Gasteiger partial charge in [-0.05, 0) is 48.1 Å². The van der Waals surface area contributed by atoms with E-state index in [0.717, 1.165) is 11.0 Å². The zero-order chi connectivity index (χ0) is 14.4. The van der Waals surface area contributed by atoms with Gasteiger partial charge in [0, 0.05) is 25.2 Å². The summed E-state index contributed by atoms with van der Waals surface area (Å²) in [4.78, 5) is 13.7. The van der Waals surface area contributed by atoms with Crippen molar-refractivity contribution in [3.63, 3.8) is 0 Å². The van der Waals surface area contributed by atoms with Crippen LogP contribution < -0.4 is 10.1 Å². The summed E-state index contributed by atoms with van der Waals surface area (Å²) in [7, 11) is 3.61. The molecule has 0 heterocycles. The van der Waals surface area contributed by atoms with E-state index in [1.165, 1.54) is 0 Å². The second-order valence-electron chi connectivity index (χ2n) is 4.20. The minimum atomic E-state index is -0.542. The number of hydrogen-bond donors (Lipinski definition) is 1. The number of amides is 1. The average molecular weight is 386 g/mol. The zero-order valence-corrected chi connectivity index (χ0v) is 14.8. The molecule has 0 saturated heterocycles. The van der Waals surface area contributed by atoms with Gasteiger partial charge in [-0.25, -0.2) is 0 Å². The largest absolute Gasteiger partial charge is 0.480 e. The van der Waals surface area contributed by atoms with E-state index in [1.54, 1.807) is 37.1 Å². The SMILES string of the molecule is CNCCN(C)C(=O)C(C)Oc1ccc(Cl)cc1Br.Cl. The highest BCUT2D eigenvalue weighted by Gasteiger charge is 2.19. The van der Waals surface area contributed by atoms with E-state index in [9.17, 15) is 4.79 Å². The number of ether oxygens (including phenoxy) is 1. The lowest BCUT2D eigenvalue weighted by Crippen LogP contribution is -2.40. The van der Waals surface area contributed by atoms with E-state index in [2.05, 4.69) is 21.2 Å². The number of benzene rings is 1. The maximum Gasteiger partial charge on any atom is 0.263 e. The number of nitrogens with zero attached hydrogens (tertiary/aromatic N) is 1. The van der Waals surface area contributed by atoms with Crippen LogP contribution in [0.2, 0.25) is 5.02 Å². The third-order valence-corrected chi connectivity index (χ3v) is 3.47. The summed E-state index contributed by atoms with van der Waals surface area (Å²) in [5.74, 6) is 0.546. The second kappa shape index (κ2) is 9.45. The Hall–Kier alpha value is -0.490. The van der Waals surface area contributed by atoms with Gasteiger partial charge in [-0.1, -0.05) is 11.6 Å². The van der Waals surface area contributed by atoms with Crippen molar-refractivity contribution in [2.45, 2.75) is 13.0 Å². The van der Waals surface area contributed by atoms with Crippen molar-refractivity contribution >= 4 is 45.8 Å². The van der Waals surface area contributed by atoms with E-state index in [0.29, 0.717) is 17.3 Å². The Bertz CT molecular complexity index is 446. The standard InChI is InChI=1S/C13H18BrClN2O2.ClH/c1-9(13(18)17(3)7-6-16-2)19-12-5-4-10(15)8-11(12)14;/h4-5,8-9,16H,6-7H2,1-3H3;1H. The topological polar surface area (TPSA) is 41.6 Å². The first-order valence-corrected chi connectivity index (χ1v) is 7.14. The Morgan fingerprint density at radius 2 is 2.20 bits per heavy atom. The first kappa shape index (κ1) is 19.5. The molecule has 0 aliphatic rings. The summed E-state index contributed by atoms with van der Waals surface area (Å²) >= 11 is 9.22. The lowest BCUT2D eigenvalue weighted by Gasteiger charge is -2.22. The van der Waals surface area contributed by atoms with Gasteiger partial charge < -0.3 is 15.0 Å². The first-order valence-electron chi connectivity index (χ1n) is 5.97. The normalized spacial score (nSPS) is 11.4. The van der Waals surface area contributed by atoms with Crippen LogP contribution in [0.25, 0.3) is 0 Å². The second-order valence-corrected chi connectivity index (χ2v) is 5.49. The summed E-state index contributed by atoms with van der Waals surface area (Å²) in [6.07, 6.45) is -0.542. The van der Waals surface area contributed by atoms with Crippen molar-refractivity contribution < 1.29 is 9.53 Å². The number of carbonyl (C=O) groups excluding carboxylic acids is 1. The van der Waals surface area contributed by atoms with Crippen LogP contribution in [0.4, 0.5) is 0 Å². The smallest absolute Gasteiger partial charge is 0.263 e. The van der Waals surface area contributed by atoms with Gasteiger partial charge in [-0.3, -0.25) is 4.79 Å². The predicted octanol–water partition coefficient (Wildman–Crippen LogP) is 2.97. The van der Waals surface area contributed by atoms with Crippen LogP contribution in [0.1, 0.15) is 6.92 Å². The third kappa shape index (κ3) is 5.87. The maximum absolute atomic E-state index is 12.1. The van der Waals surface area contributed by atoms with Gasteiger partial charge in [0.15, 0.2) is 6.10 Å². The highest BCUT2D eigenvalue weighted by molar-refractivity contribution is 9.10. The van der Waals surface area contributed by atoms with Crippen LogP contribution in [0.5, 0.6) is 5.75 Å². The molecular formula is C13H19BrCl2N2O2. The first-order chi connectivity index (χ1) is 8.95. The highest BCUT2D eigenvalue weighted by Crippen LogP contribution is 2.28. The van der Waals surface area contributed by atoms with Crippen LogP contribution in [0.15, 0.2) is 22.7 Å².